The molecule has 0 unspecified atom stereocenters. The SMILES string of the molecule is C[C@@]12[C@H]3CC[C@@H]1[C@@H](Oc1ccccn1)C[N@+]2(Cc1ccc2ccccc2c1)CC3.[Br-]. The first-order valence-corrected chi connectivity index (χ1v) is 11.1. The predicted molar refractivity (Wildman–Crippen MR) is 116 cm³/mol. The largest absolute Gasteiger partial charge is 1.00 e. The van der Waals surface area contributed by atoms with Gasteiger partial charge in [0.1, 0.15) is 18.6 Å². The average Bonchev–Trinajstić information content (AvgIpc) is 3.31. The summed E-state index contributed by atoms with van der Waals surface area (Å²) in [5.74, 6) is 2.26. The number of hydrogen-bond donors (Lipinski definition) is 0. The van der Waals surface area contributed by atoms with Gasteiger partial charge in [-0.15, -0.1) is 0 Å². The maximum Gasteiger partial charge on any atom is 0.213 e. The third kappa shape index (κ3) is 2.84. The highest BCUT2D eigenvalue weighted by Gasteiger charge is 2.71. The molecule has 5 atom stereocenters. The zero-order valence-electron chi connectivity index (χ0n) is 17.5. The van der Waals surface area contributed by atoms with Gasteiger partial charge < -0.3 is 26.2 Å². The van der Waals surface area contributed by atoms with E-state index in [0.29, 0.717) is 11.5 Å². The van der Waals surface area contributed by atoms with Crippen LogP contribution in [0.2, 0.25) is 0 Å². The molecule has 2 aromatic carbocycles. The van der Waals surface area contributed by atoms with E-state index in [4.69, 9.17) is 4.74 Å². The first-order chi connectivity index (χ1) is 14.2. The molecule has 0 N–H and O–H groups in total. The summed E-state index contributed by atoms with van der Waals surface area (Å²) in [5, 5.41) is 2.69. The summed E-state index contributed by atoms with van der Waals surface area (Å²) in [6.45, 7) is 6.09. The van der Waals surface area contributed by atoms with Crippen LogP contribution in [0.15, 0.2) is 66.9 Å². The number of rotatable bonds is 4. The molecule has 156 valence electrons. The number of halogens is 1. The second-order valence-corrected chi connectivity index (χ2v) is 9.61. The van der Waals surface area contributed by atoms with Gasteiger partial charge in [0.15, 0.2) is 6.10 Å². The van der Waals surface area contributed by atoms with Gasteiger partial charge in [-0.1, -0.05) is 42.5 Å². The van der Waals surface area contributed by atoms with Crippen molar-refractivity contribution in [1.82, 2.24) is 4.98 Å². The number of quaternary nitrogens is 1. The summed E-state index contributed by atoms with van der Waals surface area (Å²) in [5.41, 5.74) is 1.81. The van der Waals surface area contributed by atoms with Crippen LogP contribution in [0.1, 0.15) is 31.7 Å². The summed E-state index contributed by atoms with van der Waals surface area (Å²) in [7, 11) is 0. The van der Waals surface area contributed by atoms with E-state index >= 15 is 0 Å². The molecular formula is C26H29BrN2O. The topological polar surface area (TPSA) is 22.1 Å². The summed E-state index contributed by atoms with van der Waals surface area (Å²) >= 11 is 0. The zero-order chi connectivity index (χ0) is 19.5. The minimum Gasteiger partial charge on any atom is -1.00 e. The van der Waals surface area contributed by atoms with E-state index in [9.17, 15) is 0 Å². The molecule has 1 saturated carbocycles. The lowest BCUT2D eigenvalue weighted by atomic mass is 9.83. The lowest BCUT2D eigenvalue weighted by Gasteiger charge is -2.43. The number of benzene rings is 2. The van der Waals surface area contributed by atoms with Crippen LogP contribution in [0.4, 0.5) is 0 Å². The molecule has 0 radical (unpaired) electrons. The maximum absolute atomic E-state index is 6.51. The Labute approximate surface area is 189 Å². The van der Waals surface area contributed by atoms with E-state index in [2.05, 4.69) is 54.4 Å². The second-order valence-electron chi connectivity index (χ2n) is 9.61. The number of ether oxygens (including phenoxy) is 1. The van der Waals surface area contributed by atoms with Crippen molar-refractivity contribution < 1.29 is 26.2 Å². The molecule has 1 aliphatic carbocycles. The van der Waals surface area contributed by atoms with Gasteiger partial charge in [-0.3, -0.25) is 0 Å². The highest BCUT2D eigenvalue weighted by Crippen LogP contribution is 2.61. The van der Waals surface area contributed by atoms with Gasteiger partial charge in [0, 0.05) is 30.2 Å². The van der Waals surface area contributed by atoms with Crippen molar-refractivity contribution in [2.45, 2.75) is 44.4 Å². The molecule has 3 aliphatic rings. The molecule has 2 aliphatic heterocycles. The fraction of sp³-hybridized carbons (Fsp3) is 0.423. The molecule has 0 bridgehead atoms. The standard InChI is InChI=1S/C26H29N2O.BrH/c1-26-22-11-12-23(26)24(29-25-8-4-5-14-27-25)18-28(26,15-13-22)17-19-9-10-20-6-2-3-7-21(20)16-19;/h2-10,14,16,22-24H,11-13,15,17-18H2,1H3;1H/q+1;/p-1/t22-,23+,24-,26+,28+;/m0./s1. The van der Waals surface area contributed by atoms with Crippen molar-refractivity contribution in [3.8, 4) is 5.88 Å². The molecule has 4 heteroatoms. The second kappa shape index (κ2) is 7.35. The Bertz CT molecular complexity index is 1060. The Morgan fingerprint density at radius 1 is 1.00 bits per heavy atom. The Morgan fingerprint density at radius 3 is 2.67 bits per heavy atom. The predicted octanol–water partition coefficient (Wildman–Crippen LogP) is 2.21. The van der Waals surface area contributed by atoms with Gasteiger partial charge in [0.25, 0.3) is 0 Å². The number of aromatic nitrogens is 1. The highest BCUT2D eigenvalue weighted by atomic mass is 79.9. The van der Waals surface area contributed by atoms with Gasteiger partial charge in [-0.25, -0.2) is 4.98 Å². The molecular weight excluding hydrogens is 436 g/mol. The van der Waals surface area contributed by atoms with Gasteiger partial charge in [-0.05, 0) is 42.7 Å². The van der Waals surface area contributed by atoms with Gasteiger partial charge in [0.05, 0.1) is 12.5 Å². The number of nitrogens with zero attached hydrogens (tertiary/aromatic N) is 2. The van der Waals surface area contributed by atoms with E-state index in [-0.39, 0.29) is 23.1 Å². The van der Waals surface area contributed by atoms with Crippen molar-refractivity contribution in [2.24, 2.45) is 11.8 Å². The molecule has 2 saturated heterocycles. The third-order valence-corrected chi connectivity index (χ3v) is 8.52. The third-order valence-electron chi connectivity index (χ3n) is 8.52. The summed E-state index contributed by atoms with van der Waals surface area (Å²) < 4.78 is 7.71. The summed E-state index contributed by atoms with van der Waals surface area (Å²) in [4.78, 5) is 4.45. The van der Waals surface area contributed by atoms with Crippen LogP contribution in [-0.4, -0.2) is 34.2 Å². The van der Waals surface area contributed by atoms with Crippen molar-refractivity contribution in [1.29, 1.82) is 0 Å². The summed E-state index contributed by atoms with van der Waals surface area (Å²) in [6.07, 6.45) is 6.15. The smallest absolute Gasteiger partial charge is 0.213 e. The maximum atomic E-state index is 6.51. The number of hydrogen-bond acceptors (Lipinski definition) is 2. The van der Waals surface area contributed by atoms with Crippen LogP contribution in [0.3, 0.4) is 0 Å². The molecule has 3 heterocycles. The molecule has 30 heavy (non-hydrogen) atoms. The van der Waals surface area contributed by atoms with E-state index in [0.717, 1.165) is 24.9 Å². The Morgan fingerprint density at radius 2 is 1.83 bits per heavy atom. The van der Waals surface area contributed by atoms with E-state index < -0.39 is 0 Å². The van der Waals surface area contributed by atoms with Crippen molar-refractivity contribution >= 4 is 10.8 Å². The molecule has 3 nitrogen and oxygen atoms in total. The lowest BCUT2D eigenvalue weighted by molar-refractivity contribution is -0.965. The van der Waals surface area contributed by atoms with E-state index in [1.54, 1.807) is 0 Å². The van der Waals surface area contributed by atoms with E-state index in [1.807, 2.05) is 24.4 Å². The minimum atomic E-state index is 0. The molecule has 0 spiro atoms. The lowest BCUT2D eigenvalue weighted by Crippen LogP contribution is -3.00. The molecule has 3 fully saturated rings. The molecule has 0 amide bonds. The monoisotopic (exact) mass is 464 g/mol. The van der Waals surface area contributed by atoms with Crippen molar-refractivity contribution in [2.75, 3.05) is 13.1 Å². The minimum absolute atomic E-state index is 0. The van der Waals surface area contributed by atoms with Crippen molar-refractivity contribution in [3.05, 3.63) is 72.4 Å². The Kier molecular flexibility index (Phi) is 4.90. The van der Waals surface area contributed by atoms with Crippen LogP contribution < -0.4 is 21.7 Å². The quantitative estimate of drug-likeness (QED) is 0.552. The molecule has 1 aromatic heterocycles. The number of pyridine rings is 1. The molecule has 3 aromatic rings. The zero-order valence-corrected chi connectivity index (χ0v) is 19.1. The van der Waals surface area contributed by atoms with Gasteiger partial charge in [0.2, 0.25) is 5.88 Å². The van der Waals surface area contributed by atoms with Crippen molar-refractivity contribution in [3.63, 3.8) is 0 Å². The first kappa shape index (κ1) is 20.0. The molecule has 6 rings (SSSR count). The van der Waals surface area contributed by atoms with Gasteiger partial charge in [-0.2, -0.15) is 0 Å². The van der Waals surface area contributed by atoms with E-state index in [1.165, 1.54) is 46.6 Å². The Balaban J connectivity index is 0.00000193. The van der Waals surface area contributed by atoms with Crippen LogP contribution in [0, 0.1) is 11.8 Å². The first-order valence-electron chi connectivity index (χ1n) is 11.1. The van der Waals surface area contributed by atoms with Gasteiger partial charge >= 0.3 is 0 Å². The normalized spacial score (nSPS) is 34.0. The van der Waals surface area contributed by atoms with Crippen LogP contribution in [-0.2, 0) is 6.54 Å². The highest BCUT2D eigenvalue weighted by molar-refractivity contribution is 5.82. The fourth-order valence-electron chi connectivity index (χ4n) is 7.10. The number of fused-ring (bicyclic) bond motifs is 1. The fourth-order valence-corrected chi connectivity index (χ4v) is 7.10. The Hall–Kier alpha value is -1.91. The average molecular weight is 465 g/mol. The van der Waals surface area contributed by atoms with Crippen LogP contribution in [0.25, 0.3) is 10.8 Å². The van der Waals surface area contributed by atoms with Crippen LogP contribution in [0.5, 0.6) is 5.88 Å². The van der Waals surface area contributed by atoms with Crippen LogP contribution >= 0.6 is 0 Å². The summed E-state index contributed by atoms with van der Waals surface area (Å²) in [6, 6.07) is 21.8.